The number of unbranched alkanes of at least 4 members (excludes halogenated alkanes) is 3. The summed E-state index contributed by atoms with van der Waals surface area (Å²) in [5.41, 5.74) is 0. The zero-order chi connectivity index (χ0) is 20.7. The fourth-order valence-electron chi connectivity index (χ4n) is 4.95. The first kappa shape index (κ1) is 23.7. The molecule has 0 spiro atoms. The highest BCUT2D eigenvalue weighted by molar-refractivity contribution is 5.72. The summed E-state index contributed by atoms with van der Waals surface area (Å²) in [4.78, 5) is 12.6. The van der Waals surface area contributed by atoms with Crippen molar-refractivity contribution in [2.45, 2.75) is 109 Å². The van der Waals surface area contributed by atoms with Crippen LogP contribution in [-0.4, -0.2) is 12.1 Å². The van der Waals surface area contributed by atoms with Gasteiger partial charge in [-0.05, 0) is 76.0 Å². The monoisotopic (exact) mass is 399 g/mol. The molecule has 3 nitrogen and oxygen atoms in total. The van der Waals surface area contributed by atoms with Crippen LogP contribution in [0.3, 0.4) is 0 Å². The summed E-state index contributed by atoms with van der Waals surface area (Å²) < 4.78 is 5.90. The van der Waals surface area contributed by atoms with Crippen LogP contribution in [0.2, 0.25) is 0 Å². The van der Waals surface area contributed by atoms with Crippen LogP contribution in [0.5, 0.6) is 0 Å². The molecule has 2 fully saturated rings. The topological polar surface area (TPSA) is 50.1 Å². The number of carbonyl (C=O) groups is 1. The van der Waals surface area contributed by atoms with Crippen molar-refractivity contribution in [2.75, 3.05) is 0 Å². The zero-order valence-corrected chi connectivity index (χ0v) is 18.5. The van der Waals surface area contributed by atoms with Gasteiger partial charge in [0, 0.05) is 6.08 Å². The SMILES string of the molecule is CCCCCCC1CCC(C(=O)OC2CCC(CC/C=C/C=CC#N)CC2)CC1. The van der Waals surface area contributed by atoms with E-state index in [2.05, 4.69) is 13.0 Å². The van der Waals surface area contributed by atoms with Crippen molar-refractivity contribution in [3.8, 4) is 6.07 Å². The van der Waals surface area contributed by atoms with E-state index in [1.54, 1.807) is 6.08 Å². The van der Waals surface area contributed by atoms with Gasteiger partial charge in [0.05, 0.1) is 12.0 Å². The number of hydrogen-bond acceptors (Lipinski definition) is 3. The maximum absolute atomic E-state index is 12.6. The smallest absolute Gasteiger partial charge is 0.309 e. The molecule has 0 aromatic carbocycles. The van der Waals surface area contributed by atoms with Crippen LogP contribution in [-0.2, 0) is 9.53 Å². The lowest BCUT2D eigenvalue weighted by Crippen LogP contribution is -2.30. The van der Waals surface area contributed by atoms with E-state index in [-0.39, 0.29) is 18.0 Å². The minimum Gasteiger partial charge on any atom is -0.462 e. The minimum absolute atomic E-state index is 0.0881. The maximum Gasteiger partial charge on any atom is 0.309 e. The molecule has 0 N–H and O–H groups in total. The number of nitriles is 1. The third-order valence-corrected chi connectivity index (χ3v) is 6.88. The molecule has 162 valence electrons. The van der Waals surface area contributed by atoms with Crippen molar-refractivity contribution in [1.29, 1.82) is 5.26 Å². The Morgan fingerprint density at radius 2 is 1.62 bits per heavy atom. The summed E-state index contributed by atoms with van der Waals surface area (Å²) in [6, 6.07) is 1.99. The van der Waals surface area contributed by atoms with Gasteiger partial charge in [-0.25, -0.2) is 0 Å². The molecular formula is C26H41NO2. The summed E-state index contributed by atoms with van der Waals surface area (Å²) >= 11 is 0. The fourth-order valence-corrected chi connectivity index (χ4v) is 4.95. The molecule has 0 aliphatic heterocycles. The predicted octanol–water partition coefficient (Wildman–Crippen LogP) is 7.28. The van der Waals surface area contributed by atoms with Crippen molar-refractivity contribution in [3.05, 3.63) is 24.3 Å². The highest BCUT2D eigenvalue weighted by Gasteiger charge is 2.30. The van der Waals surface area contributed by atoms with Gasteiger partial charge in [0.2, 0.25) is 0 Å². The zero-order valence-electron chi connectivity index (χ0n) is 18.5. The van der Waals surface area contributed by atoms with E-state index in [9.17, 15) is 4.79 Å². The van der Waals surface area contributed by atoms with E-state index in [0.29, 0.717) is 0 Å². The van der Waals surface area contributed by atoms with Crippen LogP contribution < -0.4 is 0 Å². The Kier molecular flexibility index (Phi) is 11.8. The third kappa shape index (κ3) is 9.66. The Morgan fingerprint density at radius 3 is 2.31 bits per heavy atom. The van der Waals surface area contributed by atoms with Gasteiger partial charge in [-0.1, -0.05) is 57.3 Å². The highest BCUT2D eigenvalue weighted by Crippen LogP contribution is 2.34. The second-order valence-corrected chi connectivity index (χ2v) is 9.14. The van der Waals surface area contributed by atoms with E-state index >= 15 is 0 Å². The maximum atomic E-state index is 12.6. The fraction of sp³-hybridized carbons (Fsp3) is 0.769. The van der Waals surface area contributed by atoms with Gasteiger partial charge < -0.3 is 4.74 Å². The molecule has 2 rings (SSSR count). The minimum atomic E-state index is 0.0881. The molecule has 0 heterocycles. The van der Waals surface area contributed by atoms with Crippen molar-refractivity contribution in [3.63, 3.8) is 0 Å². The van der Waals surface area contributed by atoms with E-state index in [1.165, 1.54) is 70.3 Å². The molecule has 29 heavy (non-hydrogen) atoms. The van der Waals surface area contributed by atoms with Crippen molar-refractivity contribution in [1.82, 2.24) is 0 Å². The van der Waals surface area contributed by atoms with Gasteiger partial charge in [-0.3, -0.25) is 4.79 Å². The molecule has 3 heteroatoms. The van der Waals surface area contributed by atoms with Crippen LogP contribution in [0.4, 0.5) is 0 Å². The summed E-state index contributed by atoms with van der Waals surface area (Å²) in [7, 11) is 0. The number of carbonyl (C=O) groups excluding carboxylic acids is 1. The highest BCUT2D eigenvalue weighted by atomic mass is 16.5. The summed E-state index contributed by atoms with van der Waals surface area (Å²) in [6.07, 6.45) is 25.5. The van der Waals surface area contributed by atoms with Crippen LogP contribution in [0.1, 0.15) is 103 Å². The van der Waals surface area contributed by atoms with Crippen molar-refractivity contribution in [2.24, 2.45) is 17.8 Å². The van der Waals surface area contributed by atoms with Gasteiger partial charge in [0.15, 0.2) is 0 Å². The first-order valence-corrected chi connectivity index (χ1v) is 12.1. The van der Waals surface area contributed by atoms with E-state index < -0.39 is 0 Å². The van der Waals surface area contributed by atoms with E-state index in [4.69, 9.17) is 10.00 Å². The summed E-state index contributed by atoms with van der Waals surface area (Å²) in [5, 5.41) is 8.45. The third-order valence-electron chi connectivity index (χ3n) is 6.88. The summed E-state index contributed by atoms with van der Waals surface area (Å²) in [5.74, 6) is 1.84. The molecule has 0 amide bonds. The van der Waals surface area contributed by atoms with Crippen LogP contribution in [0.15, 0.2) is 24.3 Å². The lowest BCUT2D eigenvalue weighted by atomic mass is 9.79. The standard InChI is InChI=1S/C26H41NO2/c1-2-3-4-8-11-22-13-17-24(18-14-22)26(28)29-25-19-15-23(16-20-25)12-9-6-5-7-10-21-27/h5-7,10,22-25H,2-4,8-9,11-20H2,1H3/b6-5+,10-7?. The van der Waals surface area contributed by atoms with Gasteiger partial charge in [0.25, 0.3) is 0 Å². The quantitative estimate of drug-likeness (QED) is 0.159. The first-order valence-electron chi connectivity index (χ1n) is 12.1. The largest absolute Gasteiger partial charge is 0.462 e. The van der Waals surface area contributed by atoms with E-state index in [0.717, 1.165) is 43.9 Å². The number of allylic oxidation sites excluding steroid dienone is 4. The molecule has 0 bridgehead atoms. The average Bonchev–Trinajstić information content (AvgIpc) is 2.75. The second-order valence-electron chi connectivity index (χ2n) is 9.14. The van der Waals surface area contributed by atoms with Gasteiger partial charge in [-0.15, -0.1) is 0 Å². The number of esters is 1. The molecular weight excluding hydrogens is 358 g/mol. The normalized spacial score (nSPS) is 27.9. The Hall–Kier alpha value is -1.56. The molecule has 0 saturated heterocycles. The predicted molar refractivity (Wildman–Crippen MR) is 119 cm³/mol. The molecule has 0 aromatic heterocycles. The van der Waals surface area contributed by atoms with Gasteiger partial charge >= 0.3 is 5.97 Å². The molecule has 2 saturated carbocycles. The molecule has 0 atom stereocenters. The average molecular weight is 400 g/mol. The molecule has 0 radical (unpaired) electrons. The van der Waals surface area contributed by atoms with Crippen molar-refractivity contribution < 1.29 is 9.53 Å². The van der Waals surface area contributed by atoms with E-state index in [1.807, 2.05) is 12.1 Å². The Bertz CT molecular complexity index is 544. The van der Waals surface area contributed by atoms with Crippen LogP contribution in [0.25, 0.3) is 0 Å². The molecule has 0 unspecified atom stereocenters. The first-order chi connectivity index (χ1) is 14.2. The van der Waals surface area contributed by atoms with Gasteiger partial charge in [-0.2, -0.15) is 5.26 Å². The summed E-state index contributed by atoms with van der Waals surface area (Å²) in [6.45, 7) is 2.26. The lowest BCUT2D eigenvalue weighted by molar-refractivity contribution is -0.157. The Labute approximate surface area is 178 Å². The second kappa shape index (κ2) is 14.4. The lowest BCUT2D eigenvalue weighted by Gasteiger charge is -2.31. The number of rotatable bonds is 11. The Morgan fingerprint density at radius 1 is 0.931 bits per heavy atom. The van der Waals surface area contributed by atoms with Crippen molar-refractivity contribution >= 4 is 5.97 Å². The van der Waals surface area contributed by atoms with Crippen LogP contribution in [0, 0.1) is 29.1 Å². The number of hydrogen-bond donors (Lipinski definition) is 0. The Balaban J connectivity index is 1.56. The molecule has 0 aromatic rings. The van der Waals surface area contributed by atoms with Gasteiger partial charge in [0.1, 0.15) is 6.10 Å². The number of nitrogens with zero attached hydrogens (tertiary/aromatic N) is 1. The van der Waals surface area contributed by atoms with Crippen LogP contribution >= 0.6 is 0 Å². The molecule has 2 aliphatic carbocycles. The molecule has 2 aliphatic rings. The number of ether oxygens (including phenoxy) is 1.